The molecule has 2 aromatic carbocycles. The van der Waals surface area contributed by atoms with Gasteiger partial charge in [0.15, 0.2) is 15.0 Å². The molecule has 0 saturated carbocycles. The van der Waals surface area contributed by atoms with E-state index in [0.717, 1.165) is 16.7 Å². The Morgan fingerprint density at radius 1 is 1.11 bits per heavy atom. The van der Waals surface area contributed by atoms with Gasteiger partial charge in [-0.25, -0.2) is 8.42 Å². The molecule has 7 heteroatoms. The molecule has 2 aromatic rings. The molecule has 5 nitrogen and oxygen atoms in total. The van der Waals surface area contributed by atoms with E-state index < -0.39 is 9.84 Å². The number of nitrogens with zero attached hydrogens (tertiary/aromatic N) is 2. The Kier molecular flexibility index (Phi) is 5.29. The average Bonchev–Trinajstić information content (AvgIpc) is 3.08. The number of aliphatic imine (C=N–C) groups is 1. The summed E-state index contributed by atoms with van der Waals surface area (Å²) in [5.74, 6) is 0.0791. The minimum Gasteiger partial charge on any atom is -0.342 e. The third-order valence-electron chi connectivity index (χ3n) is 5.03. The lowest BCUT2D eigenvalue weighted by Gasteiger charge is -2.24. The van der Waals surface area contributed by atoms with Crippen molar-refractivity contribution in [3.8, 4) is 0 Å². The van der Waals surface area contributed by atoms with Gasteiger partial charge in [-0.2, -0.15) is 4.99 Å². The van der Waals surface area contributed by atoms with E-state index in [1.54, 1.807) is 0 Å². The molecule has 0 radical (unpaired) electrons. The monoisotopic (exact) mass is 414 g/mol. The Morgan fingerprint density at radius 2 is 1.86 bits per heavy atom. The van der Waals surface area contributed by atoms with Gasteiger partial charge in [0.1, 0.15) is 0 Å². The van der Waals surface area contributed by atoms with E-state index in [1.165, 1.54) is 11.8 Å². The van der Waals surface area contributed by atoms with Gasteiger partial charge in [0, 0.05) is 11.8 Å². The second-order valence-electron chi connectivity index (χ2n) is 7.37. The van der Waals surface area contributed by atoms with E-state index in [4.69, 9.17) is 0 Å². The Labute approximate surface area is 169 Å². The predicted molar refractivity (Wildman–Crippen MR) is 113 cm³/mol. The van der Waals surface area contributed by atoms with Crippen molar-refractivity contribution in [2.45, 2.75) is 31.2 Å². The molecular weight excluding hydrogens is 392 g/mol. The molecule has 2 fully saturated rings. The summed E-state index contributed by atoms with van der Waals surface area (Å²) in [6, 6.07) is 17.6. The van der Waals surface area contributed by atoms with Crippen LogP contribution < -0.4 is 0 Å². The van der Waals surface area contributed by atoms with Crippen LogP contribution in [0.5, 0.6) is 0 Å². The molecule has 146 valence electrons. The van der Waals surface area contributed by atoms with Crippen LogP contribution in [0.15, 0.2) is 59.6 Å². The minimum atomic E-state index is -3.04. The van der Waals surface area contributed by atoms with Crippen LogP contribution in [0.4, 0.5) is 0 Å². The molecule has 0 spiro atoms. The molecule has 0 bridgehead atoms. The first-order valence-electron chi connectivity index (χ1n) is 9.24. The Morgan fingerprint density at radius 3 is 2.61 bits per heavy atom. The first kappa shape index (κ1) is 19.2. The zero-order valence-electron chi connectivity index (χ0n) is 15.6. The van der Waals surface area contributed by atoms with Crippen molar-refractivity contribution in [2.24, 2.45) is 4.99 Å². The van der Waals surface area contributed by atoms with Crippen molar-refractivity contribution in [3.63, 3.8) is 0 Å². The quantitative estimate of drug-likeness (QED) is 0.770. The zero-order valence-corrected chi connectivity index (χ0v) is 17.2. The molecule has 0 aromatic heterocycles. The van der Waals surface area contributed by atoms with Gasteiger partial charge in [0.25, 0.3) is 5.91 Å². The van der Waals surface area contributed by atoms with Crippen LogP contribution in [0.1, 0.15) is 16.7 Å². The number of amidine groups is 1. The van der Waals surface area contributed by atoms with Crippen LogP contribution in [-0.4, -0.2) is 47.2 Å². The molecule has 2 heterocycles. The number of thioether (sulfide) groups is 1. The highest BCUT2D eigenvalue weighted by molar-refractivity contribution is 8.15. The molecule has 2 atom stereocenters. The summed E-state index contributed by atoms with van der Waals surface area (Å²) >= 11 is 1.43. The molecule has 0 unspecified atom stereocenters. The van der Waals surface area contributed by atoms with Crippen LogP contribution in [0.2, 0.25) is 0 Å². The van der Waals surface area contributed by atoms with E-state index in [-0.39, 0.29) is 35.1 Å². The lowest BCUT2D eigenvalue weighted by atomic mass is 10.1. The molecule has 0 aliphatic carbocycles. The topological polar surface area (TPSA) is 66.8 Å². The second-order valence-corrected chi connectivity index (χ2v) is 10.7. The standard InChI is InChI=1S/C21H22N2O3S2/c1-15-6-5-9-17(10-15)11-20(24)22-21-23(12-16-7-3-2-4-8-16)18-13-28(25,26)14-19(18)27-21/h2-10,18-19H,11-14H2,1H3/t18-,19-/m0/s1. The van der Waals surface area contributed by atoms with Crippen LogP contribution in [0.3, 0.4) is 0 Å². The molecule has 2 aliphatic heterocycles. The molecule has 1 amide bonds. The third-order valence-corrected chi connectivity index (χ3v) is 8.28. The highest BCUT2D eigenvalue weighted by Crippen LogP contribution is 2.39. The second kappa shape index (κ2) is 7.72. The molecule has 0 N–H and O–H groups in total. The summed E-state index contributed by atoms with van der Waals surface area (Å²) in [7, 11) is -3.04. The highest BCUT2D eigenvalue weighted by Gasteiger charge is 2.48. The van der Waals surface area contributed by atoms with Gasteiger partial charge in [0.2, 0.25) is 0 Å². The smallest absolute Gasteiger partial charge is 0.252 e. The van der Waals surface area contributed by atoms with Crippen molar-refractivity contribution in [1.29, 1.82) is 0 Å². The molecule has 2 saturated heterocycles. The summed E-state index contributed by atoms with van der Waals surface area (Å²) in [6.45, 7) is 2.55. The fraction of sp³-hybridized carbons (Fsp3) is 0.333. The number of fused-ring (bicyclic) bond motifs is 1. The van der Waals surface area contributed by atoms with Crippen LogP contribution in [0.25, 0.3) is 0 Å². The normalized spacial score (nSPS) is 24.5. The summed E-state index contributed by atoms with van der Waals surface area (Å²) in [5.41, 5.74) is 3.13. The van der Waals surface area contributed by atoms with E-state index in [0.29, 0.717) is 11.7 Å². The summed E-state index contributed by atoms with van der Waals surface area (Å²) < 4.78 is 24.2. The highest BCUT2D eigenvalue weighted by atomic mass is 32.2. The Hall–Kier alpha value is -2.12. The van der Waals surface area contributed by atoms with E-state index in [2.05, 4.69) is 4.99 Å². The zero-order chi connectivity index (χ0) is 19.7. The number of aryl methyl sites for hydroxylation is 1. The number of hydrogen-bond acceptors (Lipinski definition) is 4. The van der Waals surface area contributed by atoms with E-state index >= 15 is 0 Å². The first-order chi connectivity index (χ1) is 13.4. The SMILES string of the molecule is Cc1cccc(CC(=O)N=C2S[C@H]3CS(=O)(=O)C[C@@H]3N2Cc2ccccc2)c1. The van der Waals surface area contributed by atoms with Crippen molar-refractivity contribution in [2.75, 3.05) is 11.5 Å². The maximum absolute atomic E-state index is 12.6. The summed E-state index contributed by atoms with van der Waals surface area (Å²) in [5, 5.41) is 0.589. The van der Waals surface area contributed by atoms with Gasteiger partial charge in [0.05, 0.1) is 24.0 Å². The maximum atomic E-state index is 12.6. The fourth-order valence-corrected chi connectivity index (χ4v) is 7.71. The molecule has 2 aliphatic rings. The summed E-state index contributed by atoms with van der Waals surface area (Å²) in [6.07, 6.45) is 0.249. The van der Waals surface area contributed by atoms with Crippen LogP contribution >= 0.6 is 11.8 Å². The van der Waals surface area contributed by atoms with Gasteiger partial charge < -0.3 is 4.90 Å². The van der Waals surface area contributed by atoms with Gasteiger partial charge >= 0.3 is 0 Å². The Balaban J connectivity index is 1.57. The van der Waals surface area contributed by atoms with Crippen LogP contribution in [0, 0.1) is 6.92 Å². The van der Waals surface area contributed by atoms with Gasteiger partial charge in [-0.05, 0) is 18.1 Å². The van der Waals surface area contributed by atoms with Crippen molar-refractivity contribution in [1.82, 2.24) is 4.90 Å². The van der Waals surface area contributed by atoms with Crippen molar-refractivity contribution >= 4 is 32.7 Å². The molecular formula is C21H22N2O3S2. The molecule has 4 rings (SSSR count). The largest absolute Gasteiger partial charge is 0.342 e. The number of carbonyl (C=O) groups excluding carboxylic acids is 1. The molecule has 28 heavy (non-hydrogen) atoms. The number of sulfone groups is 1. The lowest BCUT2D eigenvalue weighted by Crippen LogP contribution is -2.37. The predicted octanol–water partition coefficient (Wildman–Crippen LogP) is 2.83. The van der Waals surface area contributed by atoms with E-state index in [9.17, 15) is 13.2 Å². The van der Waals surface area contributed by atoms with E-state index in [1.807, 2.05) is 66.4 Å². The van der Waals surface area contributed by atoms with Gasteiger partial charge in [-0.15, -0.1) is 0 Å². The van der Waals surface area contributed by atoms with Gasteiger partial charge in [-0.3, -0.25) is 4.79 Å². The number of benzene rings is 2. The lowest BCUT2D eigenvalue weighted by molar-refractivity contribution is -0.117. The Bertz CT molecular complexity index is 1020. The fourth-order valence-electron chi connectivity index (χ4n) is 3.74. The number of amides is 1. The number of carbonyl (C=O) groups is 1. The van der Waals surface area contributed by atoms with Crippen LogP contribution in [-0.2, 0) is 27.6 Å². The number of hydrogen-bond donors (Lipinski definition) is 0. The third kappa shape index (κ3) is 4.31. The van der Waals surface area contributed by atoms with Crippen molar-refractivity contribution < 1.29 is 13.2 Å². The minimum absolute atomic E-state index is 0.0563. The number of rotatable bonds is 4. The summed E-state index contributed by atoms with van der Waals surface area (Å²) in [4.78, 5) is 19.0. The average molecular weight is 415 g/mol. The van der Waals surface area contributed by atoms with Gasteiger partial charge in [-0.1, -0.05) is 71.9 Å². The first-order valence-corrected chi connectivity index (χ1v) is 11.9. The maximum Gasteiger partial charge on any atom is 0.252 e. The van der Waals surface area contributed by atoms with Crippen molar-refractivity contribution in [3.05, 3.63) is 71.3 Å².